The number of carbonyl (C=O) groups is 2. The molecule has 4 aromatic rings. The molecule has 1 heterocycles. The van der Waals surface area contributed by atoms with Gasteiger partial charge in [0.05, 0.1) is 43.7 Å². The molecule has 0 unspecified atom stereocenters. The van der Waals surface area contributed by atoms with E-state index in [0.29, 0.717) is 58.1 Å². The lowest BCUT2D eigenvalue weighted by molar-refractivity contribution is -0.136. The van der Waals surface area contributed by atoms with Crippen molar-refractivity contribution in [2.24, 2.45) is 5.10 Å². The van der Waals surface area contributed by atoms with Gasteiger partial charge in [-0.15, -0.1) is 0 Å². The standard InChI is InChI=1S/C36H37ClN4O8/c1-5-47-29-17-26(33-32(35(43)46-4)21(2)39-36(44)40-33)12-13-28(29)48-20-31(42)41-38-18-23-15-27(37)34(30(16-23)45-3)49-19-22-10-11-24-8-6-7-9-25(24)14-22/h6-18,31,33,41-42H,5,19-20H2,1-4H3,(H2,39,40,44)/b38-18-/t31-,33-/m1/s1. The Morgan fingerprint density at radius 3 is 2.55 bits per heavy atom. The minimum atomic E-state index is -1.19. The molecule has 256 valence electrons. The lowest BCUT2D eigenvalue weighted by Gasteiger charge is -2.28. The summed E-state index contributed by atoms with van der Waals surface area (Å²) in [4.78, 5) is 24.7. The zero-order valence-electron chi connectivity index (χ0n) is 27.4. The Balaban J connectivity index is 1.20. The summed E-state index contributed by atoms with van der Waals surface area (Å²) in [5.74, 6) is 0.952. The highest BCUT2D eigenvalue weighted by Gasteiger charge is 2.32. The van der Waals surface area contributed by atoms with Crippen LogP contribution in [0.2, 0.25) is 5.02 Å². The number of ether oxygens (including phenoxy) is 5. The number of amides is 2. The maximum atomic E-state index is 12.5. The smallest absolute Gasteiger partial charge is 0.337 e. The third kappa shape index (κ3) is 8.53. The van der Waals surface area contributed by atoms with Crippen LogP contribution in [0.25, 0.3) is 10.8 Å². The zero-order valence-corrected chi connectivity index (χ0v) is 28.2. The Bertz CT molecular complexity index is 1900. The number of nitrogens with zero attached hydrogens (tertiary/aromatic N) is 1. The van der Waals surface area contributed by atoms with Crippen molar-refractivity contribution < 1.29 is 38.4 Å². The van der Waals surface area contributed by atoms with E-state index in [0.717, 1.165) is 16.3 Å². The fraction of sp³-hybridized carbons (Fsp3) is 0.250. The molecule has 49 heavy (non-hydrogen) atoms. The van der Waals surface area contributed by atoms with Gasteiger partial charge in [-0.05, 0) is 71.6 Å². The van der Waals surface area contributed by atoms with E-state index in [4.69, 9.17) is 35.3 Å². The van der Waals surface area contributed by atoms with Crippen molar-refractivity contribution in [2.75, 3.05) is 27.4 Å². The number of nitrogens with one attached hydrogen (secondary N) is 3. The third-order valence-corrected chi connectivity index (χ3v) is 7.84. The normalized spacial score (nSPS) is 15.0. The quantitative estimate of drug-likeness (QED) is 0.0575. The van der Waals surface area contributed by atoms with E-state index in [1.807, 2.05) is 37.3 Å². The largest absolute Gasteiger partial charge is 0.493 e. The number of hydrogen-bond donors (Lipinski definition) is 4. The second-order valence-electron chi connectivity index (χ2n) is 10.9. The number of rotatable bonds is 14. The predicted octanol–water partition coefficient (Wildman–Crippen LogP) is 5.60. The first-order valence-electron chi connectivity index (χ1n) is 15.4. The molecule has 1 aliphatic heterocycles. The average Bonchev–Trinajstić information content (AvgIpc) is 3.09. The Morgan fingerprint density at radius 2 is 1.80 bits per heavy atom. The molecule has 13 heteroatoms. The van der Waals surface area contributed by atoms with Crippen molar-refractivity contribution in [3.8, 4) is 23.0 Å². The Hall–Kier alpha value is -5.46. The summed E-state index contributed by atoms with van der Waals surface area (Å²) in [5, 5.41) is 22.6. The monoisotopic (exact) mass is 688 g/mol. The molecule has 0 bridgehead atoms. The van der Waals surface area contributed by atoms with E-state index in [-0.39, 0.29) is 12.2 Å². The SMILES string of the molecule is CCOc1cc([C@H]2NC(=O)NC(C)=C2C(=O)OC)ccc1OC[C@@H](O)N/N=C\c1cc(Cl)c(OCc2ccc3ccccc3c2)c(OC)c1. The van der Waals surface area contributed by atoms with E-state index < -0.39 is 24.3 Å². The number of hydrogen-bond acceptors (Lipinski definition) is 10. The number of halogens is 1. The number of esters is 1. The van der Waals surface area contributed by atoms with Crippen LogP contribution < -0.4 is 35.0 Å². The van der Waals surface area contributed by atoms with Gasteiger partial charge in [-0.25, -0.2) is 9.59 Å². The molecule has 0 aromatic heterocycles. The summed E-state index contributed by atoms with van der Waals surface area (Å²) in [7, 11) is 2.80. The molecule has 1 aliphatic rings. The minimum Gasteiger partial charge on any atom is -0.493 e. The van der Waals surface area contributed by atoms with Crippen molar-refractivity contribution >= 4 is 40.6 Å². The second-order valence-corrected chi connectivity index (χ2v) is 11.3. The molecule has 0 saturated heterocycles. The lowest BCUT2D eigenvalue weighted by Crippen LogP contribution is -2.45. The van der Waals surface area contributed by atoms with Crippen LogP contribution in [0, 0.1) is 0 Å². The van der Waals surface area contributed by atoms with Crippen LogP contribution in [0.3, 0.4) is 0 Å². The number of hydrazone groups is 1. The van der Waals surface area contributed by atoms with Gasteiger partial charge in [-0.3, -0.25) is 5.43 Å². The van der Waals surface area contributed by atoms with Crippen molar-refractivity contribution in [2.45, 2.75) is 32.7 Å². The number of carbonyl (C=O) groups excluding carboxylic acids is 2. The molecule has 2 atom stereocenters. The van der Waals surface area contributed by atoms with Crippen molar-refractivity contribution in [3.05, 3.63) is 106 Å². The van der Waals surface area contributed by atoms with E-state index >= 15 is 0 Å². The minimum absolute atomic E-state index is 0.182. The van der Waals surface area contributed by atoms with E-state index in [1.54, 1.807) is 37.3 Å². The average molecular weight is 689 g/mol. The molecule has 0 spiro atoms. The molecule has 0 radical (unpaired) electrons. The molecular weight excluding hydrogens is 652 g/mol. The molecular formula is C36H37ClN4O8. The number of methoxy groups -OCH3 is 2. The zero-order chi connectivity index (χ0) is 34.9. The highest BCUT2D eigenvalue weighted by molar-refractivity contribution is 6.32. The van der Waals surface area contributed by atoms with Gasteiger partial charge in [0.1, 0.15) is 13.2 Å². The van der Waals surface area contributed by atoms with Crippen LogP contribution in [0.5, 0.6) is 23.0 Å². The maximum absolute atomic E-state index is 12.5. The first-order valence-corrected chi connectivity index (χ1v) is 15.8. The predicted molar refractivity (Wildman–Crippen MR) is 185 cm³/mol. The van der Waals surface area contributed by atoms with Gasteiger partial charge in [0.25, 0.3) is 0 Å². The molecule has 5 rings (SSSR count). The second kappa shape index (κ2) is 16.1. The molecule has 0 aliphatic carbocycles. The number of benzene rings is 4. The van der Waals surface area contributed by atoms with E-state index in [1.165, 1.54) is 20.4 Å². The molecule has 2 amide bonds. The maximum Gasteiger partial charge on any atom is 0.337 e. The third-order valence-electron chi connectivity index (χ3n) is 7.56. The van der Waals surface area contributed by atoms with Gasteiger partial charge in [0.2, 0.25) is 0 Å². The Labute approximate surface area is 288 Å². The number of urea groups is 1. The lowest BCUT2D eigenvalue weighted by atomic mass is 9.95. The topological polar surface area (TPSA) is 149 Å². The fourth-order valence-corrected chi connectivity index (χ4v) is 5.53. The summed E-state index contributed by atoms with van der Waals surface area (Å²) in [6.45, 7) is 3.87. The molecule has 0 saturated carbocycles. The van der Waals surface area contributed by atoms with Gasteiger partial charge in [0, 0.05) is 5.70 Å². The van der Waals surface area contributed by atoms with Crippen LogP contribution >= 0.6 is 11.6 Å². The van der Waals surface area contributed by atoms with Crippen LogP contribution in [0.15, 0.2) is 89.2 Å². The summed E-state index contributed by atoms with van der Waals surface area (Å²) in [5.41, 5.74) is 5.43. The summed E-state index contributed by atoms with van der Waals surface area (Å²) in [6.07, 6.45) is 0.292. The van der Waals surface area contributed by atoms with Gasteiger partial charge in [-0.1, -0.05) is 54.1 Å². The van der Waals surface area contributed by atoms with E-state index in [9.17, 15) is 14.7 Å². The first-order chi connectivity index (χ1) is 23.7. The van der Waals surface area contributed by atoms with Crippen molar-refractivity contribution in [1.82, 2.24) is 16.1 Å². The van der Waals surface area contributed by atoms with Gasteiger partial charge in [0.15, 0.2) is 29.2 Å². The van der Waals surface area contributed by atoms with Crippen LogP contribution in [0.4, 0.5) is 4.79 Å². The highest BCUT2D eigenvalue weighted by atomic mass is 35.5. The fourth-order valence-electron chi connectivity index (χ4n) is 5.26. The van der Waals surface area contributed by atoms with Gasteiger partial charge in [-0.2, -0.15) is 5.10 Å². The first kappa shape index (κ1) is 34.9. The highest BCUT2D eigenvalue weighted by Crippen LogP contribution is 2.37. The number of allylic oxidation sites excluding steroid dienone is 1. The van der Waals surface area contributed by atoms with Crippen molar-refractivity contribution in [3.63, 3.8) is 0 Å². The summed E-state index contributed by atoms with van der Waals surface area (Å²) in [6, 6.07) is 21.4. The number of fused-ring (bicyclic) bond motifs is 1. The molecule has 0 fully saturated rings. The Morgan fingerprint density at radius 1 is 1.00 bits per heavy atom. The molecule has 4 N–H and O–H groups in total. The number of aliphatic hydroxyl groups is 1. The van der Waals surface area contributed by atoms with Crippen molar-refractivity contribution in [1.29, 1.82) is 0 Å². The van der Waals surface area contributed by atoms with Crippen LogP contribution in [0.1, 0.15) is 36.6 Å². The number of aliphatic hydroxyl groups excluding tert-OH is 1. The van der Waals surface area contributed by atoms with Crippen LogP contribution in [-0.4, -0.2) is 57.0 Å². The molecule has 4 aromatic carbocycles. The van der Waals surface area contributed by atoms with E-state index in [2.05, 4.69) is 33.3 Å². The molecule has 12 nitrogen and oxygen atoms in total. The summed E-state index contributed by atoms with van der Waals surface area (Å²) < 4.78 is 28.1. The summed E-state index contributed by atoms with van der Waals surface area (Å²) >= 11 is 6.56. The Kier molecular flexibility index (Phi) is 11.4. The van der Waals surface area contributed by atoms with Gasteiger partial charge >= 0.3 is 12.0 Å². The van der Waals surface area contributed by atoms with Crippen LogP contribution in [-0.2, 0) is 16.1 Å². The van der Waals surface area contributed by atoms with Gasteiger partial charge < -0.3 is 39.4 Å².